The van der Waals surface area contributed by atoms with Crippen molar-refractivity contribution in [2.75, 3.05) is 13.2 Å². The summed E-state index contributed by atoms with van der Waals surface area (Å²) in [6.45, 7) is 7.58. The fourth-order valence-corrected chi connectivity index (χ4v) is 3.66. The third kappa shape index (κ3) is 4.35. The molecule has 0 aliphatic carbocycles. The largest absolute Gasteiger partial charge is 0.494 e. The molecule has 0 radical (unpaired) electrons. The summed E-state index contributed by atoms with van der Waals surface area (Å²) in [5.74, 6) is 0.726. The number of carbonyl (C=O) groups is 2. The van der Waals surface area contributed by atoms with Gasteiger partial charge in [-0.3, -0.25) is 9.59 Å². The van der Waals surface area contributed by atoms with Gasteiger partial charge in [0.05, 0.1) is 6.61 Å². The maximum atomic E-state index is 12.9. The molecule has 0 spiro atoms. The van der Waals surface area contributed by atoms with Crippen molar-refractivity contribution in [1.82, 2.24) is 10.2 Å². The van der Waals surface area contributed by atoms with Crippen LogP contribution >= 0.6 is 0 Å². The predicted molar refractivity (Wildman–Crippen MR) is 109 cm³/mol. The van der Waals surface area contributed by atoms with E-state index in [4.69, 9.17) is 4.74 Å². The summed E-state index contributed by atoms with van der Waals surface area (Å²) in [6, 6.07) is 15.0. The number of nitrogens with one attached hydrogen (secondary N) is 1. The van der Waals surface area contributed by atoms with E-state index >= 15 is 0 Å². The van der Waals surface area contributed by atoms with E-state index in [1.807, 2.05) is 69.3 Å². The Morgan fingerprint density at radius 3 is 2.50 bits per heavy atom. The van der Waals surface area contributed by atoms with Gasteiger partial charge in [-0.1, -0.05) is 44.2 Å². The molecule has 3 rings (SSSR count). The highest BCUT2D eigenvalue weighted by atomic mass is 16.5. The molecule has 0 aromatic heterocycles. The van der Waals surface area contributed by atoms with Gasteiger partial charge in [0.25, 0.3) is 5.91 Å². The van der Waals surface area contributed by atoms with E-state index in [-0.39, 0.29) is 17.7 Å². The topological polar surface area (TPSA) is 58.6 Å². The first-order chi connectivity index (χ1) is 13.5. The monoisotopic (exact) mass is 380 g/mol. The van der Waals surface area contributed by atoms with Gasteiger partial charge in [0.15, 0.2) is 0 Å². The molecule has 0 saturated carbocycles. The molecule has 1 aliphatic heterocycles. The van der Waals surface area contributed by atoms with Gasteiger partial charge >= 0.3 is 0 Å². The normalized spacial score (nSPS) is 14.1. The molecule has 5 nitrogen and oxygen atoms in total. The van der Waals surface area contributed by atoms with Gasteiger partial charge in [-0.2, -0.15) is 0 Å². The van der Waals surface area contributed by atoms with E-state index in [0.717, 1.165) is 23.3 Å². The fourth-order valence-electron chi connectivity index (χ4n) is 3.66. The molecule has 2 amide bonds. The third-order valence-electron chi connectivity index (χ3n) is 5.03. The highest BCUT2D eigenvalue weighted by molar-refractivity contribution is 6.01. The highest BCUT2D eigenvalue weighted by Crippen LogP contribution is 2.27. The van der Waals surface area contributed by atoms with Gasteiger partial charge in [-0.15, -0.1) is 0 Å². The Labute approximate surface area is 166 Å². The van der Waals surface area contributed by atoms with Crippen molar-refractivity contribution in [2.45, 2.75) is 39.8 Å². The van der Waals surface area contributed by atoms with Gasteiger partial charge in [-0.25, -0.2) is 0 Å². The third-order valence-corrected chi connectivity index (χ3v) is 5.03. The van der Waals surface area contributed by atoms with Crippen LogP contribution < -0.4 is 10.1 Å². The summed E-state index contributed by atoms with van der Waals surface area (Å²) < 4.78 is 5.45. The van der Waals surface area contributed by atoms with E-state index in [1.54, 1.807) is 4.90 Å². The molecular weight excluding hydrogens is 352 g/mol. The number of amides is 2. The van der Waals surface area contributed by atoms with Crippen LogP contribution in [0, 0.1) is 5.92 Å². The minimum Gasteiger partial charge on any atom is -0.494 e. The average Bonchev–Trinajstić information content (AvgIpc) is 3.00. The maximum absolute atomic E-state index is 12.9. The smallest absolute Gasteiger partial charge is 0.255 e. The molecule has 0 saturated heterocycles. The van der Waals surface area contributed by atoms with Crippen LogP contribution in [0.4, 0.5) is 0 Å². The minimum absolute atomic E-state index is 0.0312. The molecule has 2 aromatic carbocycles. The van der Waals surface area contributed by atoms with Crippen LogP contribution in [0.2, 0.25) is 0 Å². The molecule has 1 N–H and O–H groups in total. The van der Waals surface area contributed by atoms with Crippen molar-refractivity contribution < 1.29 is 14.3 Å². The second-order valence-corrected chi connectivity index (χ2v) is 7.40. The molecular formula is C23H28N2O3. The Hall–Kier alpha value is -2.82. The Kier molecular flexibility index (Phi) is 6.34. The zero-order valence-electron chi connectivity index (χ0n) is 16.8. The molecule has 1 unspecified atom stereocenters. The predicted octanol–water partition coefficient (Wildman–Crippen LogP) is 3.42. The van der Waals surface area contributed by atoms with Crippen molar-refractivity contribution in [3.63, 3.8) is 0 Å². The number of carbonyl (C=O) groups excluding carboxylic acids is 2. The first-order valence-corrected chi connectivity index (χ1v) is 9.89. The van der Waals surface area contributed by atoms with E-state index in [9.17, 15) is 9.59 Å². The summed E-state index contributed by atoms with van der Waals surface area (Å²) in [5, 5.41) is 3.01. The van der Waals surface area contributed by atoms with Crippen molar-refractivity contribution in [1.29, 1.82) is 0 Å². The van der Waals surface area contributed by atoms with Crippen LogP contribution in [0.25, 0.3) is 0 Å². The number of fused-ring (bicyclic) bond motifs is 1. The lowest BCUT2D eigenvalue weighted by atomic mass is 10.0. The molecule has 2 aromatic rings. The second kappa shape index (κ2) is 8.91. The molecule has 0 fully saturated rings. The number of hydrogen-bond acceptors (Lipinski definition) is 3. The summed E-state index contributed by atoms with van der Waals surface area (Å²) in [4.78, 5) is 27.3. The second-order valence-electron chi connectivity index (χ2n) is 7.40. The average molecular weight is 380 g/mol. The van der Waals surface area contributed by atoms with Crippen LogP contribution in [-0.2, 0) is 17.8 Å². The maximum Gasteiger partial charge on any atom is 0.255 e. The molecule has 1 atom stereocenters. The quantitative estimate of drug-likeness (QED) is 0.763. The first-order valence-electron chi connectivity index (χ1n) is 9.89. The lowest BCUT2D eigenvalue weighted by molar-refractivity contribution is -0.127. The van der Waals surface area contributed by atoms with E-state index < -0.39 is 6.04 Å². The molecule has 1 heterocycles. The van der Waals surface area contributed by atoms with E-state index in [0.29, 0.717) is 25.3 Å². The number of rotatable bonds is 8. The van der Waals surface area contributed by atoms with Gasteiger partial charge in [0, 0.05) is 18.7 Å². The van der Waals surface area contributed by atoms with Crippen molar-refractivity contribution in [3.8, 4) is 5.75 Å². The Balaban J connectivity index is 1.59. The van der Waals surface area contributed by atoms with Crippen LogP contribution in [0.1, 0.15) is 42.3 Å². The Morgan fingerprint density at radius 2 is 1.86 bits per heavy atom. The molecule has 28 heavy (non-hydrogen) atoms. The lowest BCUT2D eigenvalue weighted by Crippen LogP contribution is -2.50. The number of benzene rings is 2. The Bertz CT molecular complexity index is 830. The van der Waals surface area contributed by atoms with Crippen molar-refractivity contribution >= 4 is 11.8 Å². The summed E-state index contributed by atoms with van der Waals surface area (Å²) in [6.07, 6.45) is 0.733. The van der Waals surface area contributed by atoms with Gasteiger partial charge in [0.2, 0.25) is 5.91 Å². The van der Waals surface area contributed by atoms with Crippen LogP contribution in [-0.4, -0.2) is 35.9 Å². The molecule has 1 aliphatic rings. The molecule has 5 heteroatoms. The zero-order chi connectivity index (χ0) is 20.1. The lowest BCUT2D eigenvalue weighted by Gasteiger charge is -2.30. The van der Waals surface area contributed by atoms with E-state index in [1.165, 1.54) is 0 Å². The first kappa shape index (κ1) is 19.9. The zero-order valence-corrected chi connectivity index (χ0v) is 16.8. The molecule has 0 bridgehead atoms. The van der Waals surface area contributed by atoms with Crippen molar-refractivity contribution in [2.24, 2.45) is 5.92 Å². The number of nitrogens with zero attached hydrogens (tertiary/aromatic N) is 1. The summed E-state index contributed by atoms with van der Waals surface area (Å²) in [7, 11) is 0. The number of ether oxygens (including phenoxy) is 1. The van der Waals surface area contributed by atoms with E-state index in [2.05, 4.69) is 5.32 Å². The Morgan fingerprint density at radius 1 is 1.14 bits per heavy atom. The van der Waals surface area contributed by atoms with Gasteiger partial charge in [0.1, 0.15) is 11.8 Å². The SMILES string of the molecule is CCOc1ccc(CCNC(=O)C(C(C)C)N2Cc3ccccc3C2=O)cc1. The van der Waals surface area contributed by atoms with Crippen molar-refractivity contribution in [3.05, 3.63) is 65.2 Å². The number of hydrogen-bond donors (Lipinski definition) is 1. The standard InChI is InChI=1S/C23H28N2O3/c1-4-28-19-11-9-17(10-12-19)13-14-24-22(26)21(16(2)3)25-15-18-7-5-6-8-20(18)23(25)27/h5-12,16,21H,4,13-15H2,1-3H3,(H,24,26). The van der Waals surface area contributed by atoms with Crippen LogP contribution in [0.5, 0.6) is 5.75 Å². The van der Waals surface area contributed by atoms with Crippen LogP contribution in [0.15, 0.2) is 48.5 Å². The van der Waals surface area contributed by atoms with Crippen LogP contribution in [0.3, 0.4) is 0 Å². The summed E-state index contributed by atoms with van der Waals surface area (Å²) in [5.41, 5.74) is 2.82. The van der Waals surface area contributed by atoms with Gasteiger partial charge in [-0.05, 0) is 48.6 Å². The molecule has 148 valence electrons. The van der Waals surface area contributed by atoms with Gasteiger partial charge < -0.3 is 15.0 Å². The highest BCUT2D eigenvalue weighted by Gasteiger charge is 2.37. The summed E-state index contributed by atoms with van der Waals surface area (Å²) >= 11 is 0. The minimum atomic E-state index is -0.472. The fraction of sp³-hybridized carbons (Fsp3) is 0.391.